The molecule has 1 atom stereocenters. The maximum atomic E-state index is 11.1. The van der Waals surface area contributed by atoms with Crippen molar-refractivity contribution in [2.75, 3.05) is 0 Å². The molecule has 0 fully saturated rings. The standard InChI is InChI=1S/C11H13BN2OS/c1-3-16-8-13-7-10-5-4-9(2)11(6-10)14(12)15/h3-6,8,14H,1,7H2,2H3. The fraction of sp³-hybridized carbons (Fsp3) is 0.182. The summed E-state index contributed by atoms with van der Waals surface area (Å²) in [5.74, 6) is 0. The molecule has 1 rings (SSSR count). The number of rotatable bonds is 5. The van der Waals surface area contributed by atoms with Gasteiger partial charge in [-0.15, -0.1) is 0 Å². The lowest BCUT2D eigenvalue weighted by molar-refractivity contribution is -0.636. The SMILES string of the molecule is [B][NH+]([O-])c1cc(CN=CSC=C)ccc1C. The number of aryl methyl sites for hydroxylation is 1. The Morgan fingerprint density at radius 3 is 3.00 bits per heavy atom. The van der Waals surface area contributed by atoms with Crippen LogP contribution in [0.5, 0.6) is 0 Å². The topological polar surface area (TPSA) is 39.9 Å². The first-order valence-electron chi connectivity index (χ1n) is 4.79. The highest BCUT2D eigenvalue weighted by Crippen LogP contribution is 2.13. The van der Waals surface area contributed by atoms with Gasteiger partial charge in [-0.25, -0.2) is 0 Å². The van der Waals surface area contributed by atoms with Crippen LogP contribution in [-0.4, -0.2) is 13.5 Å². The number of quaternary nitrogens is 1. The normalized spacial score (nSPS) is 12.9. The third kappa shape index (κ3) is 3.85. The number of benzene rings is 1. The highest BCUT2D eigenvalue weighted by atomic mass is 32.2. The first-order chi connectivity index (χ1) is 7.65. The molecule has 82 valence electrons. The van der Waals surface area contributed by atoms with Gasteiger partial charge in [-0.05, 0) is 17.9 Å². The van der Waals surface area contributed by atoms with Crippen LogP contribution >= 0.6 is 11.8 Å². The van der Waals surface area contributed by atoms with Gasteiger partial charge in [0.2, 0.25) is 0 Å². The monoisotopic (exact) mass is 232 g/mol. The van der Waals surface area contributed by atoms with Crippen LogP contribution in [0.1, 0.15) is 11.1 Å². The van der Waals surface area contributed by atoms with Crippen LogP contribution in [0.25, 0.3) is 0 Å². The van der Waals surface area contributed by atoms with Crippen molar-refractivity contribution in [3.05, 3.63) is 46.5 Å². The number of nitrogens with one attached hydrogen (secondary N) is 1. The van der Waals surface area contributed by atoms with Crippen molar-refractivity contribution in [1.29, 1.82) is 0 Å². The molecule has 0 saturated heterocycles. The summed E-state index contributed by atoms with van der Waals surface area (Å²) in [5.41, 5.74) is 4.14. The molecule has 1 unspecified atom stereocenters. The van der Waals surface area contributed by atoms with Crippen LogP contribution in [0.2, 0.25) is 0 Å². The number of nitrogens with zero attached hydrogens (tertiary/aromatic N) is 1. The van der Waals surface area contributed by atoms with E-state index < -0.39 is 4.97 Å². The fourth-order valence-corrected chi connectivity index (χ4v) is 1.51. The van der Waals surface area contributed by atoms with Crippen LogP contribution in [-0.2, 0) is 6.54 Å². The minimum atomic E-state index is -0.399. The Kier molecular flexibility index (Phi) is 5.32. The van der Waals surface area contributed by atoms with Gasteiger partial charge in [0, 0.05) is 11.6 Å². The Labute approximate surface area is 101 Å². The largest absolute Gasteiger partial charge is 0.653 e. The summed E-state index contributed by atoms with van der Waals surface area (Å²) in [4.78, 5) is 3.78. The van der Waals surface area contributed by atoms with Gasteiger partial charge < -0.3 is 10.2 Å². The van der Waals surface area contributed by atoms with Gasteiger partial charge in [-0.3, -0.25) is 4.99 Å². The Balaban J connectivity index is 2.74. The van der Waals surface area contributed by atoms with Crippen molar-refractivity contribution in [1.82, 2.24) is 0 Å². The molecule has 0 amide bonds. The zero-order valence-electron chi connectivity index (χ0n) is 9.14. The molecule has 0 aliphatic carbocycles. The van der Waals surface area contributed by atoms with Gasteiger partial charge in [0.25, 0.3) is 0 Å². The van der Waals surface area contributed by atoms with Crippen molar-refractivity contribution in [2.24, 2.45) is 4.99 Å². The van der Waals surface area contributed by atoms with Gasteiger partial charge in [0.1, 0.15) is 5.69 Å². The second-order valence-corrected chi connectivity index (χ2v) is 4.08. The van der Waals surface area contributed by atoms with Crippen molar-refractivity contribution in [2.45, 2.75) is 13.5 Å². The van der Waals surface area contributed by atoms with E-state index in [0.29, 0.717) is 12.2 Å². The van der Waals surface area contributed by atoms with Crippen molar-refractivity contribution < 1.29 is 4.97 Å². The molecule has 0 saturated carbocycles. The van der Waals surface area contributed by atoms with E-state index in [1.165, 1.54) is 11.8 Å². The first kappa shape index (κ1) is 13.0. The van der Waals surface area contributed by atoms with Crippen LogP contribution in [0, 0.1) is 12.1 Å². The smallest absolute Gasteiger partial charge is 0.485 e. The summed E-state index contributed by atoms with van der Waals surface area (Å²) in [6.45, 7) is 5.97. The maximum Gasteiger partial charge on any atom is 0.485 e. The van der Waals surface area contributed by atoms with E-state index in [1.54, 1.807) is 17.0 Å². The molecule has 1 aromatic rings. The van der Waals surface area contributed by atoms with Crippen LogP contribution < -0.4 is 4.97 Å². The lowest BCUT2D eigenvalue weighted by atomic mass is 10.1. The zero-order valence-corrected chi connectivity index (χ0v) is 9.96. The molecule has 5 heteroatoms. The van der Waals surface area contributed by atoms with E-state index in [2.05, 4.69) is 11.6 Å². The molecule has 0 heterocycles. The Bertz CT molecular complexity index is 394. The lowest BCUT2D eigenvalue weighted by Gasteiger charge is -2.19. The van der Waals surface area contributed by atoms with Gasteiger partial charge in [-0.1, -0.05) is 30.5 Å². The van der Waals surface area contributed by atoms with Crippen molar-refractivity contribution in [3.8, 4) is 0 Å². The second-order valence-electron chi connectivity index (χ2n) is 3.26. The maximum absolute atomic E-state index is 11.1. The molecule has 0 aliphatic heterocycles. The fourth-order valence-electron chi connectivity index (χ4n) is 1.26. The molecule has 0 aliphatic rings. The Morgan fingerprint density at radius 2 is 2.38 bits per heavy atom. The molecule has 2 radical (unpaired) electrons. The Morgan fingerprint density at radius 1 is 1.62 bits per heavy atom. The minimum Gasteiger partial charge on any atom is -0.653 e. The minimum absolute atomic E-state index is 0.399. The second kappa shape index (κ2) is 6.53. The number of hydrogen-bond donors (Lipinski definition) is 1. The average molecular weight is 232 g/mol. The summed E-state index contributed by atoms with van der Waals surface area (Å²) in [5, 5.41) is 12.8. The summed E-state index contributed by atoms with van der Waals surface area (Å²) in [7, 11) is 5.27. The molecule has 16 heavy (non-hydrogen) atoms. The highest BCUT2D eigenvalue weighted by Gasteiger charge is 2.03. The first-order valence-corrected chi connectivity index (χ1v) is 5.73. The van der Waals surface area contributed by atoms with Gasteiger partial charge >= 0.3 is 7.98 Å². The molecule has 1 aromatic carbocycles. The third-order valence-electron chi connectivity index (χ3n) is 2.07. The predicted molar refractivity (Wildman–Crippen MR) is 70.9 cm³/mol. The number of hydrogen-bond acceptors (Lipinski definition) is 3. The molecular weight excluding hydrogens is 219 g/mol. The zero-order chi connectivity index (χ0) is 12.0. The number of aliphatic imine (C=N–C) groups is 1. The predicted octanol–water partition coefficient (Wildman–Crippen LogP) is 1.50. The molecule has 0 aromatic heterocycles. The third-order valence-corrected chi connectivity index (χ3v) is 2.54. The molecule has 0 bridgehead atoms. The van der Waals surface area contributed by atoms with E-state index in [9.17, 15) is 5.21 Å². The van der Waals surface area contributed by atoms with E-state index in [0.717, 1.165) is 11.1 Å². The molecule has 0 spiro atoms. The summed E-state index contributed by atoms with van der Waals surface area (Å²) in [6.07, 6.45) is 0. The average Bonchev–Trinajstić information content (AvgIpc) is 2.26. The summed E-state index contributed by atoms with van der Waals surface area (Å²) < 4.78 is 0. The van der Waals surface area contributed by atoms with E-state index in [1.807, 2.05) is 19.1 Å². The summed E-state index contributed by atoms with van der Waals surface area (Å²) in [6, 6.07) is 5.61. The van der Waals surface area contributed by atoms with E-state index >= 15 is 0 Å². The molecular formula is C11H13BN2OS. The molecule has 1 N–H and O–H groups in total. The van der Waals surface area contributed by atoms with Crippen molar-refractivity contribution >= 4 is 31.0 Å². The van der Waals surface area contributed by atoms with E-state index in [4.69, 9.17) is 7.98 Å². The van der Waals surface area contributed by atoms with Crippen LogP contribution in [0.3, 0.4) is 0 Å². The lowest BCUT2D eigenvalue weighted by Crippen LogP contribution is -3.00. The van der Waals surface area contributed by atoms with Crippen LogP contribution in [0.4, 0.5) is 5.69 Å². The highest BCUT2D eigenvalue weighted by molar-refractivity contribution is 8.14. The van der Waals surface area contributed by atoms with Gasteiger partial charge in [-0.2, -0.15) is 0 Å². The van der Waals surface area contributed by atoms with Crippen LogP contribution in [0.15, 0.2) is 35.2 Å². The molecule has 3 nitrogen and oxygen atoms in total. The number of thioether (sulfide) groups is 1. The Hall–Kier alpha value is -1.04. The van der Waals surface area contributed by atoms with E-state index in [-0.39, 0.29) is 0 Å². The van der Waals surface area contributed by atoms with Gasteiger partial charge in [0.05, 0.1) is 12.1 Å². The van der Waals surface area contributed by atoms with Gasteiger partial charge in [0.15, 0.2) is 0 Å². The van der Waals surface area contributed by atoms with Crippen molar-refractivity contribution in [3.63, 3.8) is 0 Å². The quantitative estimate of drug-likeness (QED) is 0.361. The summed E-state index contributed by atoms with van der Waals surface area (Å²) >= 11 is 1.42.